The lowest BCUT2D eigenvalue weighted by atomic mass is 10.1. The van der Waals surface area contributed by atoms with Crippen molar-refractivity contribution >= 4 is 0 Å². The van der Waals surface area contributed by atoms with Gasteiger partial charge in [0.25, 0.3) is 0 Å². The molecule has 0 aromatic heterocycles. The van der Waals surface area contributed by atoms with Crippen molar-refractivity contribution < 1.29 is 5.11 Å². The molecule has 0 aromatic rings. The van der Waals surface area contributed by atoms with E-state index in [0.29, 0.717) is 0 Å². The summed E-state index contributed by atoms with van der Waals surface area (Å²) in [6.45, 7) is 4.39. The zero-order valence-electron chi connectivity index (χ0n) is 10.4. The van der Waals surface area contributed by atoms with Crippen molar-refractivity contribution in [2.24, 2.45) is 0 Å². The summed E-state index contributed by atoms with van der Waals surface area (Å²) in [6.07, 6.45) is 9.93. The van der Waals surface area contributed by atoms with Gasteiger partial charge in [-0.05, 0) is 19.3 Å². The van der Waals surface area contributed by atoms with Crippen LogP contribution in [0.2, 0.25) is 0 Å². The maximum Gasteiger partial charge on any atom is 0.114 e. The largest absolute Gasteiger partial charge is 0.380 e. The second-order valence-corrected chi connectivity index (χ2v) is 4.14. The molecule has 88 valence electrons. The number of aliphatic hydroxyl groups is 1. The summed E-state index contributed by atoms with van der Waals surface area (Å²) in [5, 5.41) is 9.53. The molecule has 0 radical (unpaired) electrons. The molecule has 0 aliphatic carbocycles. The Morgan fingerprint density at radius 2 is 1.60 bits per heavy atom. The van der Waals surface area contributed by atoms with Crippen LogP contribution in [-0.4, -0.2) is 11.2 Å². The van der Waals surface area contributed by atoms with E-state index in [1.54, 1.807) is 0 Å². The van der Waals surface area contributed by atoms with Gasteiger partial charge in [-0.3, -0.25) is 0 Å². The fourth-order valence-electron chi connectivity index (χ4n) is 1.49. The Labute approximate surface area is 95.3 Å². The average Bonchev–Trinajstić information content (AvgIpc) is 2.24. The standard InChI is InChI=1S/C14H26O/c1-3-5-7-9-11-13-14(15)12-10-8-6-4-2/h14-15H,3-10,12H2,1-2H3. The van der Waals surface area contributed by atoms with E-state index in [4.69, 9.17) is 0 Å². The third kappa shape index (κ3) is 11.4. The summed E-state index contributed by atoms with van der Waals surface area (Å²) in [7, 11) is 0. The highest BCUT2D eigenvalue weighted by atomic mass is 16.3. The molecule has 1 heteroatoms. The number of hydrogen-bond acceptors (Lipinski definition) is 1. The van der Waals surface area contributed by atoms with Gasteiger partial charge in [-0.2, -0.15) is 0 Å². The van der Waals surface area contributed by atoms with E-state index in [9.17, 15) is 5.11 Å². The highest BCUT2D eigenvalue weighted by Gasteiger charge is 1.97. The predicted octanol–water partition coefficient (Wildman–Crippen LogP) is 3.90. The summed E-state index contributed by atoms with van der Waals surface area (Å²) < 4.78 is 0. The van der Waals surface area contributed by atoms with Crippen LogP contribution in [0, 0.1) is 11.8 Å². The molecule has 0 saturated carbocycles. The van der Waals surface area contributed by atoms with Gasteiger partial charge in [-0.25, -0.2) is 0 Å². The SMILES string of the molecule is CCCCCC#CC(O)CCCCCC. The number of hydrogen-bond donors (Lipinski definition) is 1. The van der Waals surface area contributed by atoms with Crippen LogP contribution in [0.25, 0.3) is 0 Å². The highest BCUT2D eigenvalue weighted by molar-refractivity contribution is 5.04. The van der Waals surface area contributed by atoms with Gasteiger partial charge in [-0.15, -0.1) is 5.92 Å². The van der Waals surface area contributed by atoms with Gasteiger partial charge in [0.1, 0.15) is 6.10 Å². The molecule has 0 aromatic carbocycles. The van der Waals surface area contributed by atoms with Gasteiger partial charge in [-0.1, -0.05) is 51.9 Å². The van der Waals surface area contributed by atoms with Crippen LogP contribution in [0.3, 0.4) is 0 Å². The zero-order chi connectivity index (χ0) is 11.4. The van der Waals surface area contributed by atoms with Crippen LogP contribution in [0.4, 0.5) is 0 Å². The normalized spacial score (nSPS) is 11.9. The molecular formula is C14H26O. The first-order valence-electron chi connectivity index (χ1n) is 6.47. The van der Waals surface area contributed by atoms with E-state index in [-0.39, 0.29) is 6.10 Å². The van der Waals surface area contributed by atoms with Crippen LogP contribution in [0.15, 0.2) is 0 Å². The van der Waals surface area contributed by atoms with Crippen molar-refractivity contribution in [2.45, 2.75) is 77.7 Å². The Balaban J connectivity index is 3.33. The van der Waals surface area contributed by atoms with Crippen LogP contribution in [0.1, 0.15) is 71.6 Å². The third-order valence-electron chi connectivity index (χ3n) is 2.51. The second-order valence-electron chi connectivity index (χ2n) is 4.14. The molecule has 0 aliphatic rings. The fourth-order valence-corrected chi connectivity index (χ4v) is 1.49. The van der Waals surface area contributed by atoms with Crippen molar-refractivity contribution in [2.75, 3.05) is 0 Å². The molecule has 1 atom stereocenters. The summed E-state index contributed by atoms with van der Waals surface area (Å²) in [4.78, 5) is 0. The highest BCUT2D eigenvalue weighted by Crippen LogP contribution is 2.05. The first-order valence-corrected chi connectivity index (χ1v) is 6.47. The maximum atomic E-state index is 9.53. The van der Waals surface area contributed by atoms with E-state index in [1.165, 1.54) is 38.5 Å². The van der Waals surface area contributed by atoms with E-state index in [0.717, 1.165) is 19.3 Å². The number of rotatable bonds is 8. The van der Waals surface area contributed by atoms with E-state index < -0.39 is 0 Å². The lowest BCUT2D eigenvalue weighted by molar-refractivity contribution is 0.217. The average molecular weight is 210 g/mol. The number of aliphatic hydroxyl groups excluding tert-OH is 1. The molecule has 0 saturated heterocycles. The molecule has 1 unspecified atom stereocenters. The quantitative estimate of drug-likeness (QED) is 0.476. The first-order chi connectivity index (χ1) is 7.31. The van der Waals surface area contributed by atoms with Gasteiger partial charge in [0, 0.05) is 6.42 Å². The summed E-state index contributed by atoms with van der Waals surface area (Å²) in [5.74, 6) is 5.98. The van der Waals surface area contributed by atoms with Crippen molar-refractivity contribution in [1.82, 2.24) is 0 Å². The predicted molar refractivity (Wildman–Crippen MR) is 66.7 cm³/mol. The Bertz CT molecular complexity index is 176. The van der Waals surface area contributed by atoms with Gasteiger partial charge >= 0.3 is 0 Å². The topological polar surface area (TPSA) is 20.2 Å². The molecule has 0 heterocycles. The minimum atomic E-state index is -0.386. The smallest absolute Gasteiger partial charge is 0.114 e. The van der Waals surface area contributed by atoms with Gasteiger partial charge in [0.2, 0.25) is 0 Å². The van der Waals surface area contributed by atoms with Crippen molar-refractivity contribution in [3.8, 4) is 11.8 Å². The molecule has 0 amide bonds. The first kappa shape index (κ1) is 14.5. The van der Waals surface area contributed by atoms with Crippen LogP contribution in [-0.2, 0) is 0 Å². The Morgan fingerprint density at radius 1 is 0.933 bits per heavy atom. The third-order valence-corrected chi connectivity index (χ3v) is 2.51. The maximum absolute atomic E-state index is 9.53. The van der Waals surface area contributed by atoms with Crippen LogP contribution < -0.4 is 0 Å². The van der Waals surface area contributed by atoms with Gasteiger partial charge < -0.3 is 5.11 Å². The minimum absolute atomic E-state index is 0.386. The monoisotopic (exact) mass is 210 g/mol. The van der Waals surface area contributed by atoms with Gasteiger partial charge in [0.15, 0.2) is 0 Å². The van der Waals surface area contributed by atoms with E-state index >= 15 is 0 Å². The lowest BCUT2D eigenvalue weighted by Gasteiger charge is -2.01. The zero-order valence-corrected chi connectivity index (χ0v) is 10.4. The Morgan fingerprint density at radius 3 is 2.27 bits per heavy atom. The molecule has 0 aliphatic heterocycles. The molecule has 0 rings (SSSR count). The molecule has 15 heavy (non-hydrogen) atoms. The summed E-state index contributed by atoms with van der Waals surface area (Å²) >= 11 is 0. The van der Waals surface area contributed by atoms with Crippen LogP contribution >= 0.6 is 0 Å². The van der Waals surface area contributed by atoms with Crippen molar-refractivity contribution in [3.63, 3.8) is 0 Å². The van der Waals surface area contributed by atoms with E-state index in [1.807, 2.05) is 0 Å². The lowest BCUT2D eigenvalue weighted by Crippen LogP contribution is -2.02. The second kappa shape index (κ2) is 11.6. The Kier molecular flexibility index (Phi) is 11.2. The molecule has 0 bridgehead atoms. The van der Waals surface area contributed by atoms with Gasteiger partial charge in [0.05, 0.1) is 0 Å². The van der Waals surface area contributed by atoms with E-state index in [2.05, 4.69) is 25.7 Å². The molecular weight excluding hydrogens is 184 g/mol. The Hall–Kier alpha value is -0.480. The molecule has 1 nitrogen and oxygen atoms in total. The molecule has 0 fully saturated rings. The summed E-state index contributed by atoms with van der Waals surface area (Å²) in [5.41, 5.74) is 0. The van der Waals surface area contributed by atoms with Crippen molar-refractivity contribution in [1.29, 1.82) is 0 Å². The molecule has 1 N–H and O–H groups in total. The van der Waals surface area contributed by atoms with Crippen LogP contribution in [0.5, 0.6) is 0 Å². The minimum Gasteiger partial charge on any atom is -0.380 e. The fraction of sp³-hybridized carbons (Fsp3) is 0.857. The van der Waals surface area contributed by atoms with Crippen molar-refractivity contribution in [3.05, 3.63) is 0 Å². The number of unbranched alkanes of at least 4 members (excludes halogenated alkanes) is 6. The molecule has 0 spiro atoms. The summed E-state index contributed by atoms with van der Waals surface area (Å²) in [6, 6.07) is 0.